The van der Waals surface area contributed by atoms with Crippen molar-refractivity contribution in [2.75, 3.05) is 6.61 Å². The number of ketones is 1. The fraction of sp³-hybridized carbons (Fsp3) is 0.235. The molecule has 114 valence electrons. The standard InChI is InChI=1S/C17H13BrCl2O2/c18-12-2-3-13-10(7-12)5-6-22-17(13)9-16(21)11-1-4-14(19)15(20)8-11/h1-4,7-8,17H,5-6,9H2. The Hall–Kier alpha value is -0.870. The topological polar surface area (TPSA) is 26.3 Å². The number of carbonyl (C=O) groups is 1. The van der Waals surface area contributed by atoms with E-state index >= 15 is 0 Å². The first-order valence-corrected chi connectivity index (χ1v) is 8.47. The first-order valence-electron chi connectivity index (χ1n) is 6.93. The van der Waals surface area contributed by atoms with Crippen molar-refractivity contribution in [3.8, 4) is 0 Å². The third-order valence-electron chi connectivity index (χ3n) is 3.75. The summed E-state index contributed by atoms with van der Waals surface area (Å²) in [6.45, 7) is 0.628. The summed E-state index contributed by atoms with van der Waals surface area (Å²) in [4.78, 5) is 12.5. The predicted octanol–water partition coefficient (Wildman–Crippen LogP) is 5.64. The third-order valence-corrected chi connectivity index (χ3v) is 4.99. The molecule has 2 aromatic rings. The Morgan fingerprint density at radius 2 is 2.00 bits per heavy atom. The van der Waals surface area contributed by atoms with Gasteiger partial charge >= 0.3 is 0 Å². The molecular formula is C17H13BrCl2O2. The van der Waals surface area contributed by atoms with Gasteiger partial charge in [0.2, 0.25) is 0 Å². The van der Waals surface area contributed by atoms with Crippen LogP contribution in [0.4, 0.5) is 0 Å². The molecular weight excluding hydrogens is 387 g/mol. The molecule has 1 aliphatic rings. The number of halogens is 3. The van der Waals surface area contributed by atoms with Crippen molar-refractivity contribution in [3.63, 3.8) is 0 Å². The molecule has 1 unspecified atom stereocenters. The minimum atomic E-state index is -0.209. The zero-order chi connectivity index (χ0) is 15.7. The van der Waals surface area contributed by atoms with Crippen molar-refractivity contribution in [2.45, 2.75) is 18.9 Å². The van der Waals surface area contributed by atoms with Gasteiger partial charge in [0.25, 0.3) is 0 Å². The van der Waals surface area contributed by atoms with Crippen LogP contribution in [-0.2, 0) is 11.2 Å². The van der Waals surface area contributed by atoms with Crippen LogP contribution in [0.3, 0.4) is 0 Å². The predicted molar refractivity (Wildman–Crippen MR) is 91.9 cm³/mol. The Kier molecular flexibility index (Phi) is 4.88. The van der Waals surface area contributed by atoms with E-state index in [1.54, 1.807) is 18.2 Å². The summed E-state index contributed by atoms with van der Waals surface area (Å²) in [7, 11) is 0. The fourth-order valence-corrected chi connectivity index (χ4v) is 3.34. The molecule has 0 aliphatic carbocycles. The van der Waals surface area contributed by atoms with Crippen LogP contribution in [-0.4, -0.2) is 12.4 Å². The molecule has 0 spiro atoms. The van der Waals surface area contributed by atoms with Crippen LogP contribution in [0.2, 0.25) is 10.0 Å². The molecule has 0 radical (unpaired) electrons. The smallest absolute Gasteiger partial charge is 0.165 e. The number of rotatable bonds is 3. The fourth-order valence-electron chi connectivity index (χ4n) is 2.63. The van der Waals surface area contributed by atoms with E-state index in [2.05, 4.69) is 22.0 Å². The lowest BCUT2D eigenvalue weighted by atomic mass is 9.93. The molecule has 22 heavy (non-hydrogen) atoms. The van der Waals surface area contributed by atoms with Crippen LogP contribution in [0.5, 0.6) is 0 Å². The van der Waals surface area contributed by atoms with Crippen LogP contribution in [0.1, 0.15) is 34.0 Å². The summed E-state index contributed by atoms with van der Waals surface area (Å²) < 4.78 is 6.84. The second-order valence-corrected chi connectivity index (χ2v) is 6.94. The molecule has 3 rings (SSSR count). The summed E-state index contributed by atoms with van der Waals surface area (Å²) in [6, 6.07) is 11.0. The molecule has 2 aromatic carbocycles. The number of Topliss-reactive ketones (excluding diaryl/α,β-unsaturated/α-hetero) is 1. The average Bonchev–Trinajstić information content (AvgIpc) is 2.50. The largest absolute Gasteiger partial charge is 0.373 e. The maximum Gasteiger partial charge on any atom is 0.165 e. The monoisotopic (exact) mass is 398 g/mol. The van der Waals surface area contributed by atoms with Crippen LogP contribution in [0.15, 0.2) is 40.9 Å². The van der Waals surface area contributed by atoms with E-state index in [1.165, 1.54) is 5.56 Å². The molecule has 0 bridgehead atoms. The summed E-state index contributed by atoms with van der Waals surface area (Å²) in [6.07, 6.45) is 0.956. The van der Waals surface area contributed by atoms with Gasteiger partial charge in [0.1, 0.15) is 0 Å². The van der Waals surface area contributed by atoms with Crippen LogP contribution in [0, 0.1) is 0 Å². The Labute approximate surface area is 147 Å². The second-order valence-electron chi connectivity index (χ2n) is 5.21. The van der Waals surface area contributed by atoms with Gasteiger partial charge in [0.15, 0.2) is 5.78 Å². The van der Waals surface area contributed by atoms with E-state index in [1.807, 2.05) is 12.1 Å². The first-order chi connectivity index (χ1) is 10.5. The quantitative estimate of drug-likeness (QED) is 0.624. The first kappa shape index (κ1) is 16.0. The number of carbonyl (C=O) groups excluding carboxylic acids is 1. The highest BCUT2D eigenvalue weighted by atomic mass is 79.9. The average molecular weight is 400 g/mol. The summed E-state index contributed by atoms with van der Waals surface area (Å²) in [5, 5.41) is 0.837. The maximum absolute atomic E-state index is 12.5. The zero-order valence-electron chi connectivity index (χ0n) is 11.6. The van der Waals surface area contributed by atoms with Gasteiger partial charge in [-0.2, -0.15) is 0 Å². The molecule has 1 aliphatic heterocycles. The Morgan fingerprint density at radius 3 is 2.77 bits per heavy atom. The number of hydrogen-bond donors (Lipinski definition) is 0. The second kappa shape index (κ2) is 6.71. The van der Waals surface area contributed by atoms with Crippen LogP contribution < -0.4 is 0 Å². The molecule has 2 nitrogen and oxygen atoms in total. The van der Waals surface area contributed by atoms with Crippen molar-refractivity contribution < 1.29 is 9.53 Å². The van der Waals surface area contributed by atoms with Gasteiger partial charge in [0.05, 0.1) is 22.8 Å². The molecule has 1 atom stereocenters. The summed E-state index contributed by atoms with van der Waals surface area (Å²) >= 11 is 15.3. The minimum Gasteiger partial charge on any atom is -0.373 e. The van der Waals surface area contributed by atoms with Crippen molar-refractivity contribution in [2.24, 2.45) is 0 Å². The summed E-state index contributed by atoms with van der Waals surface area (Å²) in [5.74, 6) is -0.000615. The number of ether oxygens (including phenoxy) is 1. The zero-order valence-corrected chi connectivity index (χ0v) is 14.7. The third kappa shape index (κ3) is 3.38. The SMILES string of the molecule is O=C(CC1OCCc2cc(Br)ccc21)c1ccc(Cl)c(Cl)c1. The van der Waals surface area contributed by atoms with E-state index in [4.69, 9.17) is 27.9 Å². The van der Waals surface area contributed by atoms with Gasteiger partial charge in [-0.15, -0.1) is 0 Å². The van der Waals surface area contributed by atoms with Gasteiger partial charge in [-0.3, -0.25) is 4.79 Å². The van der Waals surface area contributed by atoms with E-state index in [-0.39, 0.29) is 11.9 Å². The van der Waals surface area contributed by atoms with Crippen LogP contribution >= 0.6 is 39.1 Å². The molecule has 0 aromatic heterocycles. The molecule has 0 N–H and O–H groups in total. The Balaban J connectivity index is 1.82. The lowest BCUT2D eigenvalue weighted by molar-refractivity contribution is 0.0351. The molecule has 0 saturated carbocycles. The van der Waals surface area contributed by atoms with E-state index in [0.29, 0.717) is 28.6 Å². The molecule has 0 amide bonds. The van der Waals surface area contributed by atoms with Gasteiger partial charge < -0.3 is 4.74 Å². The normalized spacial score (nSPS) is 17.1. The Bertz CT molecular complexity index is 731. The van der Waals surface area contributed by atoms with Crippen molar-refractivity contribution in [1.82, 2.24) is 0 Å². The lowest BCUT2D eigenvalue weighted by Gasteiger charge is -2.26. The highest BCUT2D eigenvalue weighted by Crippen LogP contribution is 2.33. The van der Waals surface area contributed by atoms with Crippen molar-refractivity contribution in [1.29, 1.82) is 0 Å². The number of benzene rings is 2. The van der Waals surface area contributed by atoms with Crippen LogP contribution in [0.25, 0.3) is 0 Å². The van der Waals surface area contributed by atoms with Gasteiger partial charge in [-0.25, -0.2) is 0 Å². The minimum absolute atomic E-state index is 0.000615. The maximum atomic E-state index is 12.5. The highest BCUT2D eigenvalue weighted by molar-refractivity contribution is 9.10. The van der Waals surface area contributed by atoms with E-state index < -0.39 is 0 Å². The number of hydrogen-bond acceptors (Lipinski definition) is 2. The Morgan fingerprint density at radius 1 is 1.18 bits per heavy atom. The van der Waals surface area contributed by atoms with Gasteiger partial charge in [-0.05, 0) is 47.9 Å². The number of fused-ring (bicyclic) bond motifs is 1. The van der Waals surface area contributed by atoms with Gasteiger partial charge in [0, 0.05) is 16.5 Å². The van der Waals surface area contributed by atoms with E-state index in [0.717, 1.165) is 16.5 Å². The van der Waals surface area contributed by atoms with Gasteiger partial charge in [-0.1, -0.05) is 45.2 Å². The van der Waals surface area contributed by atoms with Crippen molar-refractivity contribution >= 4 is 44.9 Å². The summed E-state index contributed by atoms with van der Waals surface area (Å²) in [5.41, 5.74) is 2.87. The molecule has 0 fully saturated rings. The molecule has 0 saturated heterocycles. The molecule has 5 heteroatoms. The lowest BCUT2D eigenvalue weighted by Crippen LogP contribution is -2.19. The molecule has 1 heterocycles. The highest BCUT2D eigenvalue weighted by Gasteiger charge is 2.24. The van der Waals surface area contributed by atoms with E-state index in [9.17, 15) is 4.79 Å². The van der Waals surface area contributed by atoms with Crippen molar-refractivity contribution in [3.05, 3.63) is 67.6 Å².